The van der Waals surface area contributed by atoms with Crippen LogP contribution >= 0.6 is 0 Å². The van der Waals surface area contributed by atoms with Gasteiger partial charge in [-0.05, 0) is 38.9 Å². The van der Waals surface area contributed by atoms with Crippen LogP contribution in [0, 0.1) is 0 Å². The second kappa shape index (κ2) is 32.4. The van der Waals surface area contributed by atoms with Crippen molar-refractivity contribution in [2.75, 3.05) is 150 Å². The van der Waals surface area contributed by atoms with Gasteiger partial charge in [0.05, 0.1) is 26.3 Å². The predicted molar refractivity (Wildman–Crippen MR) is 215 cm³/mol. The van der Waals surface area contributed by atoms with Crippen LogP contribution in [0.5, 0.6) is 0 Å². The number of nitrogens with one attached hydrogen (secondary N) is 3. The number of hydrogen-bond acceptors (Lipinski definition) is 18. The van der Waals surface area contributed by atoms with E-state index in [1.165, 1.54) is 0 Å². The molecule has 332 valence electrons. The van der Waals surface area contributed by atoms with E-state index >= 15 is 0 Å². The van der Waals surface area contributed by atoms with Crippen molar-refractivity contribution in [2.24, 2.45) is 0 Å². The highest BCUT2D eigenvalue weighted by Gasteiger charge is 2.38. The van der Waals surface area contributed by atoms with Gasteiger partial charge in [0, 0.05) is 102 Å². The fraction of sp³-hybridized carbons (Fsp3) is 0.912. The second-order valence-corrected chi connectivity index (χ2v) is 22.4. The first-order valence-corrected chi connectivity index (χ1v) is 25.0. The minimum Gasteiger partial charge on any atom is -0.460 e. The van der Waals surface area contributed by atoms with Crippen molar-refractivity contribution in [1.29, 1.82) is 0 Å². The first kappa shape index (κ1) is 54.5. The van der Waals surface area contributed by atoms with Crippen LogP contribution in [-0.2, 0) is 68.4 Å². The maximum atomic E-state index is 12.5. The summed E-state index contributed by atoms with van der Waals surface area (Å²) in [5.41, 5.74) is 0. The molecule has 0 bridgehead atoms. The molecule has 0 rings (SSSR count). The molecule has 0 aromatic carbocycles. The topological polar surface area (TPSA) is 198 Å². The molecule has 19 nitrogen and oxygen atoms in total. The summed E-state index contributed by atoms with van der Waals surface area (Å²) < 4.78 is 65.9. The lowest BCUT2D eigenvalue weighted by atomic mass is 10.3. The first-order chi connectivity index (χ1) is 26.8. The van der Waals surface area contributed by atoms with Crippen molar-refractivity contribution in [3.63, 3.8) is 0 Å². The molecule has 0 atom stereocenters. The number of rotatable bonds is 39. The number of quaternary nitrogens is 1. The molecule has 0 radical (unpaired) electrons. The number of nitrogens with zero attached hydrogens (tertiary/aromatic N) is 1. The van der Waals surface area contributed by atoms with E-state index in [0.29, 0.717) is 81.5 Å². The van der Waals surface area contributed by atoms with E-state index in [2.05, 4.69) is 16.0 Å². The Morgan fingerprint density at radius 2 is 0.643 bits per heavy atom. The summed E-state index contributed by atoms with van der Waals surface area (Å²) in [6, 6.07) is 1.98. The molecule has 3 N–H and O–H groups in total. The smallest absolute Gasteiger partial charge is 0.460 e. The van der Waals surface area contributed by atoms with Gasteiger partial charge in [-0.2, -0.15) is 0 Å². The zero-order valence-corrected chi connectivity index (χ0v) is 38.9. The number of carbonyl (C=O) groups is 3. The van der Waals surface area contributed by atoms with E-state index in [1.54, 1.807) is 64.0 Å². The quantitative estimate of drug-likeness (QED) is 0.0258. The molecule has 0 aromatic rings. The Hall–Kier alpha value is -1.46. The number of carbonyl (C=O) groups excluding carboxylic acids is 3. The predicted octanol–water partition coefficient (Wildman–Crippen LogP) is 0.806. The summed E-state index contributed by atoms with van der Waals surface area (Å²) in [7, 11) is 8.33. The van der Waals surface area contributed by atoms with Crippen molar-refractivity contribution in [1.82, 2.24) is 16.0 Å². The number of ether oxygens (including phenoxy) is 3. The van der Waals surface area contributed by atoms with E-state index in [9.17, 15) is 14.4 Å². The SMILES string of the molecule is CO[Si](CCCNCCC(=O)OCC[N+](C)(CCOC(=O)CCNCCC[Si](OC)(OC)OC)CCOC(=O)CCNCCC[Si](OC)(OC)OC)(OC)OC. The van der Waals surface area contributed by atoms with Crippen LogP contribution in [0.15, 0.2) is 0 Å². The fourth-order valence-corrected chi connectivity index (χ4v) is 10.8. The molecular weight excluding hydrogens is 789 g/mol. The average molecular weight is 864 g/mol. The van der Waals surface area contributed by atoms with Gasteiger partial charge in [0.2, 0.25) is 0 Å². The highest BCUT2D eigenvalue weighted by molar-refractivity contribution is 6.61. The lowest BCUT2D eigenvalue weighted by Gasteiger charge is -2.34. The van der Waals surface area contributed by atoms with Crippen molar-refractivity contribution < 1.29 is 72.9 Å². The molecule has 0 aliphatic rings. The third-order valence-electron chi connectivity index (χ3n) is 9.51. The Labute approximate surface area is 339 Å². The molecule has 0 aliphatic heterocycles. The van der Waals surface area contributed by atoms with Crippen LogP contribution in [0.4, 0.5) is 0 Å². The summed E-state index contributed by atoms with van der Waals surface area (Å²) in [6.07, 6.45) is 2.96. The summed E-state index contributed by atoms with van der Waals surface area (Å²) in [5.74, 6) is -0.970. The summed E-state index contributed by atoms with van der Waals surface area (Å²) in [6.45, 7) is 5.24. The van der Waals surface area contributed by atoms with Crippen LogP contribution in [0.25, 0.3) is 0 Å². The molecule has 56 heavy (non-hydrogen) atoms. The zero-order chi connectivity index (χ0) is 42.2. The molecular formula is C34H75N4O15Si3+. The van der Waals surface area contributed by atoms with Gasteiger partial charge in [-0.25, -0.2) is 0 Å². The van der Waals surface area contributed by atoms with Crippen LogP contribution < -0.4 is 16.0 Å². The van der Waals surface area contributed by atoms with Gasteiger partial charge in [-0.1, -0.05) is 0 Å². The zero-order valence-electron chi connectivity index (χ0n) is 35.9. The molecule has 0 amide bonds. The van der Waals surface area contributed by atoms with Crippen LogP contribution in [0.3, 0.4) is 0 Å². The third kappa shape index (κ3) is 23.8. The third-order valence-corrected chi connectivity index (χ3v) is 18.0. The maximum Gasteiger partial charge on any atom is 0.500 e. The number of hydrogen-bond donors (Lipinski definition) is 3. The number of likely N-dealkylation sites (N-methyl/N-ethyl adjacent to an activating group) is 1. The summed E-state index contributed by atoms with van der Waals surface area (Å²) in [4.78, 5) is 37.4. The summed E-state index contributed by atoms with van der Waals surface area (Å²) in [5, 5.41) is 9.71. The molecule has 0 heterocycles. The standard InChI is InChI=1S/C34H75N4O15Si3/c1-38(23-26-51-32(39)14-20-35-17-11-29-54(42-2,43-3)44-4,24-27-52-33(40)15-21-36-18-12-30-55(45-5,46-6)47-7)25-28-53-34(41)16-22-37-19-13-31-56(48-8,49-9)50-10/h35-37H,11-31H2,1-10H3/q+1. The lowest BCUT2D eigenvalue weighted by molar-refractivity contribution is -0.910. The van der Waals surface area contributed by atoms with Crippen molar-refractivity contribution in [3.8, 4) is 0 Å². The van der Waals surface area contributed by atoms with Gasteiger partial charge in [-0.15, -0.1) is 0 Å². The van der Waals surface area contributed by atoms with Crippen molar-refractivity contribution in [2.45, 2.75) is 56.7 Å². The van der Waals surface area contributed by atoms with Crippen LogP contribution in [0.2, 0.25) is 18.1 Å². The van der Waals surface area contributed by atoms with Gasteiger partial charge in [0.15, 0.2) is 0 Å². The van der Waals surface area contributed by atoms with Crippen LogP contribution in [0.1, 0.15) is 38.5 Å². The van der Waals surface area contributed by atoms with Gasteiger partial charge in [0.1, 0.15) is 39.5 Å². The first-order valence-electron chi connectivity index (χ1n) is 19.2. The monoisotopic (exact) mass is 863 g/mol. The van der Waals surface area contributed by atoms with Gasteiger partial charge in [-0.3, -0.25) is 14.4 Å². The molecule has 0 fully saturated rings. The highest BCUT2D eigenvalue weighted by Crippen LogP contribution is 2.16. The van der Waals surface area contributed by atoms with Gasteiger partial charge >= 0.3 is 44.3 Å². The molecule has 0 saturated carbocycles. The minimum absolute atomic E-state index is 0.160. The Balaban J connectivity index is 4.79. The Bertz CT molecular complexity index is 883. The molecule has 0 aliphatic carbocycles. The van der Waals surface area contributed by atoms with E-state index in [0.717, 1.165) is 19.3 Å². The second-order valence-electron chi connectivity index (χ2n) is 13.1. The normalized spacial score (nSPS) is 12.5. The van der Waals surface area contributed by atoms with Crippen molar-refractivity contribution >= 4 is 44.3 Å². The fourth-order valence-electron chi connectivity index (χ4n) is 5.60. The minimum atomic E-state index is -2.62. The maximum absolute atomic E-state index is 12.5. The largest absolute Gasteiger partial charge is 0.500 e. The average Bonchev–Trinajstić information content (AvgIpc) is 3.21. The van der Waals surface area contributed by atoms with E-state index in [1.807, 2.05) is 7.05 Å². The Kier molecular flexibility index (Phi) is 31.6. The molecule has 0 spiro atoms. The van der Waals surface area contributed by atoms with Crippen LogP contribution in [-0.4, -0.2) is 199 Å². The van der Waals surface area contributed by atoms with E-state index in [4.69, 9.17) is 54.0 Å². The molecule has 22 heteroatoms. The van der Waals surface area contributed by atoms with Crippen molar-refractivity contribution in [3.05, 3.63) is 0 Å². The van der Waals surface area contributed by atoms with Gasteiger partial charge < -0.3 is 74.5 Å². The molecule has 0 aromatic heterocycles. The Morgan fingerprint density at radius 3 is 0.857 bits per heavy atom. The molecule has 0 unspecified atom stereocenters. The lowest BCUT2D eigenvalue weighted by Crippen LogP contribution is -2.51. The highest BCUT2D eigenvalue weighted by atomic mass is 28.4. The van der Waals surface area contributed by atoms with Gasteiger partial charge in [0.25, 0.3) is 0 Å². The summed E-state index contributed by atoms with van der Waals surface area (Å²) >= 11 is 0. The van der Waals surface area contributed by atoms with E-state index in [-0.39, 0.29) is 57.0 Å². The van der Waals surface area contributed by atoms with E-state index < -0.39 is 26.4 Å². The molecule has 0 saturated heterocycles. The number of esters is 3. The Morgan fingerprint density at radius 1 is 0.411 bits per heavy atom.